The standard InChI is InChI=1S/C11H14BrNO5S2/c1-11(2)6-13(3-4-18-11)20(16,17)8-5-7(10(14)15)19-9(8)12/h5H,3-4,6H2,1-2H3,(H,14,15). The summed E-state index contributed by atoms with van der Waals surface area (Å²) in [4.78, 5) is 10.9. The smallest absolute Gasteiger partial charge is 0.345 e. The summed E-state index contributed by atoms with van der Waals surface area (Å²) in [7, 11) is -3.72. The van der Waals surface area contributed by atoms with Crippen LogP contribution in [0.25, 0.3) is 0 Å². The number of ether oxygens (including phenoxy) is 1. The van der Waals surface area contributed by atoms with E-state index in [1.807, 2.05) is 13.8 Å². The van der Waals surface area contributed by atoms with Crippen LogP contribution in [0.5, 0.6) is 0 Å². The second-order valence-corrected chi connectivity index (χ2v) is 9.28. The minimum Gasteiger partial charge on any atom is -0.477 e. The molecule has 6 nitrogen and oxygen atoms in total. The van der Waals surface area contributed by atoms with Crippen LogP contribution in [0.4, 0.5) is 0 Å². The molecule has 0 radical (unpaired) electrons. The van der Waals surface area contributed by atoms with Crippen molar-refractivity contribution in [2.24, 2.45) is 0 Å². The van der Waals surface area contributed by atoms with Gasteiger partial charge in [-0.2, -0.15) is 4.31 Å². The lowest BCUT2D eigenvalue weighted by Crippen LogP contribution is -2.50. The summed E-state index contributed by atoms with van der Waals surface area (Å²) in [6.07, 6.45) is 0. The molecular weight excluding hydrogens is 370 g/mol. The van der Waals surface area contributed by atoms with Crippen molar-refractivity contribution in [1.82, 2.24) is 4.31 Å². The van der Waals surface area contributed by atoms with Crippen LogP contribution in [-0.2, 0) is 14.8 Å². The molecule has 0 saturated carbocycles. The normalized spacial score (nSPS) is 19.9. The molecule has 20 heavy (non-hydrogen) atoms. The van der Waals surface area contributed by atoms with Crippen molar-refractivity contribution < 1.29 is 23.1 Å². The molecule has 0 atom stereocenters. The van der Waals surface area contributed by atoms with E-state index in [1.165, 1.54) is 10.4 Å². The Morgan fingerprint density at radius 2 is 2.20 bits per heavy atom. The van der Waals surface area contributed by atoms with Gasteiger partial charge in [-0.3, -0.25) is 0 Å². The van der Waals surface area contributed by atoms with Crippen molar-refractivity contribution in [2.75, 3.05) is 19.7 Å². The van der Waals surface area contributed by atoms with Crippen LogP contribution in [0.1, 0.15) is 23.5 Å². The Morgan fingerprint density at radius 1 is 1.55 bits per heavy atom. The molecule has 1 aromatic heterocycles. The number of sulfonamides is 1. The molecule has 0 aliphatic carbocycles. The number of carbonyl (C=O) groups is 1. The lowest BCUT2D eigenvalue weighted by atomic mass is 10.1. The fraction of sp³-hybridized carbons (Fsp3) is 0.545. The summed E-state index contributed by atoms with van der Waals surface area (Å²) in [5.41, 5.74) is -0.552. The van der Waals surface area contributed by atoms with Crippen molar-refractivity contribution in [1.29, 1.82) is 0 Å². The van der Waals surface area contributed by atoms with Gasteiger partial charge in [0.25, 0.3) is 0 Å². The highest BCUT2D eigenvalue weighted by molar-refractivity contribution is 9.11. The number of carboxylic acids is 1. The summed E-state index contributed by atoms with van der Waals surface area (Å²) in [6, 6.07) is 1.19. The molecule has 1 saturated heterocycles. The van der Waals surface area contributed by atoms with Crippen molar-refractivity contribution in [3.05, 3.63) is 14.7 Å². The molecule has 1 aliphatic heterocycles. The highest BCUT2D eigenvalue weighted by Crippen LogP contribution is 2.34. The predicted octanol–water partition coefficient (Wildman–Crippen LogP) is 2.01. The summed E-state index contributed by atoms with van der Waals surface area (Å²) in [5, 5.41) is 8.94. The van der Waals surface area contributed by atoms with E-state index >= 15 is 0 Å². The summed E-state index contributed by atoms with van der Waals surface area (Å²) < 4.78 is 32.3. The van der Waals surface area contributed by atoms with Gasteiger partial charge in [0.05, 0.1) is 16.0 Å². The van der Waals surface area contributed by atoms with Gasteiger partial charge in [0.2, 0.25) is 10.0 Å². The maximum Gasteiger partial charge on any atom is 0.345 e. The maximum atomic E-state index is 12.6. The number of carboxylic acid groups (broad SMARTS) is 1. The zero-order valence-electron chi connectivity index (χ0n) is 10.9. The molecule has 112 valence electrons. The molecule has 0 spiro atoms. The van der Waals surface area contributed by atoms with E-state index in [0.717, 1.165) is 11.3 Å². The Bertz CT molecular complexity index is 637. The Kier molecular flexibility index (Phi) is 4.27. The van der Waals surface area contributed by atoms with Gasteiger partial charge >= 0.3 is 5.97 Å². The fourth-order valence-electron chi connectivity index (χ4n) is 1.95. The highest BCUT2D eigenvalue weighted by atomic mass is 79.9. The average molecular weight is 384 g/mol. The number of halogens is 1. The third-order valence-electron chi connectivity index (χ3n) is 2.87. The van der Waals surface area contributed by atoms with Gasteiger partial charge in [0.15, 0.2) is 0 Å². The number of thiophene rings is 1. The first kappa shape index (κ1) is 15.9. The van der Waals surface area contributed by atoms with Gasteiger partial charge in [-0.15, -0.1) is 11.3 Å². The van der Waals surface area contributed by atoms with E-state index in [4.69, 9.17) is 9.84 Å². The Morgan fingerprint density at radius 3 is 2.70 bits per heavy atom. The molecule has 1 fully saturated rings. The first-order valence-electron chi connectivity index (χ1n) is 5.80. The number of nitrogens with zero attached hydrogens (tertiary/aromatic N) is 1. The SMILES string of the molecule is CC1(C)CN(S(=O)(=O)c2cc(C(=O)O)sc2Br)CCO1. The van der Waals surface area contributed by atoms with Crippen molar-refractivity contribution in [2.45, 2.75) is 24.3 Å². The quantitative estimate of drug-likeness (QED) is 0.862. The van der Waals surface area contributed by atoms with Crippen molar-refractivity contribution in [3.63, 3.8) is 0 Å². The van der Waals surface area contributed by atoms with Gasteiger partial charge in [-0.05, 0) is 35.8 Å². The van der Waals surface area contributed by atoms with E-state index in [9.17, 15) is 13.2 Å². The second-order valence-electron chi connectivity index (χ2n) is 5.00. The van der Waals surface area contributed by atoms with Crippen LogP contribution >= 0.6 is 27.3 Å². The van der Waals surface area contributed by atoms with E-state index in [1.54, 1.807) is 0 Å². The third-order valence-corrected chi connectivity index (χ3v) is 6.96. The number of hydrogen-bond donors (Lipinski definition) is 1. The van der Waals surface area contributed by atoms with Crippen LogP contribution in [0.15, 0.2) is 14.7 Å². The van der Waals surface area contributed by atoms with E-state index in [0.29, 0.717) is 10.4 Å². The molecule has 2 heterocycles. The second kappa shape index (κ2) is 5.38. The van der Waals surface area contributed by atoms with Crippen LogP contribution in [0.2, 0.25) is 0 Å². The van der Waals surface area contributed by atoms with Crippen LogP contribution in [0.3, 0.4) is 0 Å². The zero-order valence-corrected chi connectivity index (χ0v) is 14.1. The van der Waals surface area contributed by atoms with Crippen molar-refractivity contribution in [3.8, 4) is 0 Å². The summed E-state index contributed by atoms with van der Waals surface area (Å²) >= 11 is 4.03. The van der Waals surface area contributed by atoms with Gasteiger partial charge < -0.3 is 9.84 Å². The Hall–Kier alpha value is -0.480. The third kappa shape index (κ3) is 3.06. The lowest BCUT2D eigenvalue weighted by Gasteiger charge is -2.37. The molecule has 0 unspecified atom stereocenters. The van der Waals surface area contributed by atoms with E-state index in [-0.39, 0.29) is 22.9 Å². The predicted molar refractivity (Wildman–Crippen MR) is 77.8 cm³/mol. The first-order chi connectivity index (χ1) is 9.13. The van der Waals surface area contributed by atoms with E-state index in [2.05, 4.69) is 15.9 Å². The summed E-state index contributed by atoms with van der Waals surface area (Å²) in [5.74, 6) is -1.14. The van der Waals surface area contributed by atoms with Gasteiger partial charge in [0, 0.05) is 13.1 Å². The summed E-state index contributed by atoms with van der Waals surface area (Å²) in [6.45, 7) is 4.45. The van der Waals surface area contributed by atoms with Crippen LogP contribution in [0, 0.1) is 0 Å². The van der Waals surface area contributed by atoms with Crippen LogP contribution in [-0.4, -0.2) is 49.1 Å². The molecule has 1 aliphatic rings. The Labute approximate surface area is 129 Å². The molecule has 0 aromatic carbocycles. The minimum absolute atomic E-state index is 0.00222. The largest absolute Gasteiger partial charge is 0.477 e. The first-order valence-corrected chi connectivity index (χ1v) is 8.85. The molecule has 2 rings (SSSR count). The Balaban J connectivity index is 2.37. The number of hydrogen-bond acceptors (Lipinski definition) is 5. The number of rotatable bonds is 3. The topological polar surface area (TPSA) is 83.9 Å². The maximum absolute atomic E-state index is 12.6. The van der Waals surface area contributed by atoms with E-state index < -0.39 is 21.6 Å². The molecule has 0 bridgehead atoms. The number of aromatic carboxylic acids is 1. The zero-order chi connectivity index (χ0) is 15.1. The van der Waals surface area contributed by atoms with Crippen molar-refractivity contribution >= 4 is 43.3 Å². The molecule has 0 amide bonds. The fourth-order valence-corrected chi connectivity index (χ4v) is 5.88. The molecule has 1 aromatic rings. The molecule has 1 N–H and O–H groups in total. The van der Waals surface area contributed by atoms with Gasteiger partial charge in [-0.25, -0.2) is 13.2 Å². The monoisotopic (exact) mass is 383 g/mol. The molecule has 9 heteroatoms. The van der Waals surface area contributed by atoms with Crippen LogP contribution < -0.4 is 0 Å². The highest BCUT2D eigenvalue weighted by Gasteiger charge is 2.36. The average Bonchev–Trinajstić information content (AvgIpc) is 2.71. The van der Waals surface area contributed by atoms with Gasteiger partial charge in [-0.1, -0.05) is 0 Å². The molecular formula is C11H14BrNO5S2. The lowest BCUT2D eigenvalue weighted by molar-refractivity contribution is -0.0640. The minimum atomic E-state index is -3.72. The van der Waals surface area contributed by atoms with Gasteiger partial charge in [0.1, 0.15) is 9.77 Å². The number of morpholine rings is 1.